The zero-order valence-corrected chi connectivity index (χ0v) is 10.0. The van der Waals surface area contributed by atoms with E-state index in [1.54, 1.807) is 6.20 Å². The molecule has 4 nitrogen and oxygen atoms in total. The van der Waals surface area contributed by atoms with Gasteiger partial charge in [-0.3, -0.25) is 0 Å². The van der Waals surface area contributed by atoms with Crippen molar-refractivity contribution >= 4 is 16.6 Å². The van der Waals surface area contributed by atoms with Crippen LogP contribution < -0.4 is 5.73 Å². The Morgan fingerprint density at radius 1 is 1.39 bits per heavy atom. The number of likely N-dealkylation sites (tertiary alicyclic amines) is 1. The van der Waals surface area contributed by atoms with Crippen LogP contribution in [-0.2, 0) is 0 Å². The molecule has 1 aliphatic heterocycles. The average Bonchev–Trinajstić information content (AvgIpc) is 2.87. The Bertz CT molecular complexity index is 629. The van der Waals surface area contributed by atoms with E-state index in [0.29, 0.717) is 5.82 Å². The van der Waals surface area contributed by atoms with Crippen molar-refractivity contribution in [3.8, 4) is 6.19 Å². The first-order valence-corrected chi connectivity index (χ1v) is 6.10. The molecule has 90 valence electrons. The Morgan fingerprint density at radius 2 is 2.28 bits per heavy atom. The van der Waals surface area contributed by atoms with Gasteiger partial charge in [0.1, 0.15) is 5.82 Å². The number of pyridine rings is 1. The van der Waals surface area contributed by atoms with Gasteiger partial charge in [0.15, 0.2) is 6.19 Å². The van der Waals surface area contributed by atoms with Gasteiger partial charge in [-0.2, -0.15) is 5.26 Å². The zero-order valence-electron chi connectivity index (χ0n) is 10.0. The molecule has 0 spiro atoms. The van der Waals surface area contributed by atoms with Gasteiger partial charge in [-0.1, -0.05) is 12.1 Å². The number of hydrogen-bond acceptors (Lipinski definition) is 4. The Kier molecular flexibility index (Phi) is 2.52. The van der Waals surface area contributed by atoms with Crippen LogP contribution in [0.3, 0.4) is 0 Å². The minimum absolute atomic E-state index is 0.216. The molecule has 2 aromatic rings. The predicted octanol–water partition coefficient (Wildman–Crippen LogP) is 2.43. The van der Waals surface area contributed by atoms with Crippen LogP contribution in [0.25, 0.3) is 10.8 Å². The summed E-state index contributed by atoms with van der Waals surface area (Å²) >= 11 is 0. The lowest BCUT2D eigenvalue weighted by Crippen LogP contribution is -2.16. The summed E-state index contributed by atoms with van der Waals surface area (Å²) in [7, 11) is 0. The molecule has 2 heterocycles. The van der Waals surface area contributed by atoms with Gasteiger partial charge >= 0.3 is 0 Å². The predicted molar refractivity (Wildman–Crippen MR) is 70.4 cm³/mol. The molecule has 0 bridgehead atoms. The van der Waals surface area contributed by atoms with Crippen LogP contribution in [0.15, 0.2) is 30.5 Å². The zero-order chi connectivity index (χ0) is 12.5. The van der Waals surface area contributed by atoms with E-state index in [2.05, 4.69) is 23.3 Å². The normalized spacial score (nSPS) is 19.1. The first kappa shape index (κ1) is 10.8. The molecule has 1 aromatic carbocycles. The lowest BCUT2D eigenvalue weighted by atomic mass is 10.0. The van der Waals surface area contributed by atoms with Gasteiger partial charge in [0, 0.05) is 18.1 Å². The van der Waals surface area contributed by atoms with E-state index in [0.717, 1.165) is 30.2 Å². The molecule has 0 saturated carbocycles. The largest absolute Gasteiger partial charge is 0.383 e. The molecule has 0 aliphatic carbocycles. The number of nitrogens with two attached hydrogens (primary N) is 1. The average molecular weight is 238 g/mol. The van der Waals surface area contributed by atoms with Crippen LogP contribution in [0.2, 0.25) is 0 Å². The fourth-order valence-corrected chi connectivity index (χ4v) is 2.66. The first-order chi connectivity index (χ1) is 8.79. The Balaban J connectivity index is 2.06. The van der Waals surface area contributed by atoms with Gasteiger partial charge in [0.05, 0.1) is 6.04 Å². The molecule has 0 amide bonds. The number of nitrogens with zero attached hydrogens (tertiary/aromatic N) is 3. The van der Waals surface area contributed by atoms with Gasteiger partial charge in [0.25, 0.3) is 0 Å². The monoisotopic (exact) mass is 238 g/mol. The highest BCUT2D eigenvalue weighted by atomic mass is 15.2. The van der Waals surface area contributed by atoms with Gasteiger partial charge in [0.2, 0.25) is 0 Å². The van der Waals surface area contributed by atoms with Crippen molar-refractivity contribution < 1.29 is 0 Å². The van der Waals surface area contributed by atoms with E-state index in [9.17, 15) is 0 Å². The van der Waals surface area contributed by atoms with E-state index in [-0.39, 0.29) is 6.04 Å². The number of fused-ring (bicyclic) bond motifs is 1. The Hall–Kier alpha value is -2.28. The first-order valence-electron chi connectivity index (χ1n) is 6.10. The molecule has 3 rings (SSSR count). The van der Waals surface area contributed by atoms with Crippen molar-refractivity contribution in [2.24, 2.45) is 0 Å². The molecule has 1 atom stereocenters. The fourth-order valence-electron chi connectivity index (χ4n) is 2.66. The minimum Gasteiger partial charge on any atom is -0.383 e. The second kappa shape index (κ2) is 4.19. The Morgan fingerprint density at radius 3 is 3.11 bits per heavy atom. The summed E-state index contributed by atoms with van der Waals surface area (Å²) in [5, 5.41) is 11.2. The summed E-state index contributed by atoms with van der Waals surface area (Å²) < 4.78 is 0. The van der Waals surface area contributed by atoms with E-state index in [4.69, 9.17) is 11.0 Å². The molecular weight excluding hydrogens is 224 g/mol. The molecule has 0 radical (unpaired) electrons. The summed E-state index contributed by atoms with van der Waals surface area (Å²) in [6.45, 7) is 0.859. The Labute approximate surface area is 106 Å². The highest BCUT2D eigenvalue weighted by molar-refractivity contribution is 5.91. The fraction of sp³-hybridized carbons (Fsp3) is 0.286. The number of anilines is 1. The van der Waals surface area contributed by atoms with Crippen molar-refractivity contribution in [1.82, 2.24) is 9.88 Å². The third kappa shape index (κ3) is 1.65. The third-order valence-electron chi connectivity index (χ3n) is 3.59. The summed E-state index contributed by atoms with van der Waals surface area (Å²) in [4.78, 5) is 5.93. The number of rotatable bonds is 1. The number of nitriles is 1. The second-order valence-electron chi connectivity index (χ2n) is 4.63. The molecule has 1 fully saturated rings. The molecule has 4 heteroatoms. The quantitative estimate of drug-likeness (QED) is 0.775. The standard InChI is InChI=1S/C14H14N4/c15-9-18-7-1-2-13(18)11-3-4-12-10(8-11)5-6-17-14(12)16/h3-6,8,13H,1-2,7H2,(H2,16,17)/t13-/m0/s1. The SMILES string of the molecule is N#CN1CCC[C@H]1c1ccc2c(N)nccc2c1. The number of hydrogen-bond donors (Lipinski definition) is 1. The molecule has 1 saturated heterocycles. The van der Waals surface area contributed by atoms with Gasteiger partial charge in [-0.15, -0.1) is 0 Å². The maximum atomic E-state index is 9.10. The molecule has 0 unspecified atom stereocenters. The summed E-state index contributed by atoms with van der Waals surface area (Å²) in [5.41, 5.74) is 7.03. The van der Waals surface area contributed by atoms with Crippen LogP contribution in [-0.4, -0.2) is 16.4 Å². The number of benzene rings is 1. The van der Waals surface area contributed by atoms with Crippen LogP contribution in [0.4, 0.5) is 5.82 Å². The topological polar surface area (TPSA) is 65.9 Å². The van der Waals surface area contributed by atoms with Crippen LogP contribution in [0.1, 0.15) is 24.4 Å². The van der Waals surface area contributed by atoms with E-state index in [1.807, 2.05) is 17.0 Å². The lowest BCUT2D eigenvalue weighted by molar-refractivity contribution is 0.374. The van der Waals surface area contributed by atoms with Crippen LogP contribution >= 0.6 is 0 Å². The van der Waals surface area contributed by atoms with Crippen molar-refractivity contribution in [2.75, 3.05) is 12.3 Å². The molecule has 18 heavy (non-hydrogen) atoms. The summed E-state index contributed by atoms with van der Waals surface area (Å²) in [6.07, 6.45) is 6.11. The van der Waals surface area contributed by atoms with Crippen molar-refractivity contribution in [3.63, 3.8) is 0 Å². The van der Waals surface area contributed by atoms with Crippen molar-refractivity contribution in [1.29, 1.82) is 5.26 Å². The number of aromatic nitrogens is 1. The molecule has 1 aromatic heterocycles. The van der Waals surface area contributed by atoms with Crippen LogP contribution in [0, 0.1) is 11.5 Å². The van der Waals surface area contributed by atoms with Gasteiger partial charge in [-0.25, -0.2) is 4.98 Å². The molecule has 1 aliphatic rings. The number of nitrogen functional groups attached to an aromatic ring is 1. The van der Waals surface area contributed by atoms with Crippen molar-refractivity contribution in [2.45, 2.75) is 18.9 Å². The maximum absolute atomic E-state index is 9.10. The van der Waals surface area contributed by atoms with E-state index in [1.165, 1.54) is 5.56 Å². The summed E-state index contributed by atoms with van der Waals surface area (Å²) in [5.74, 6) is 0.558. The summed E-state index contributed by atoms with van der Waals surface area (Å²) in [6, 6.07) is 8.35. The second-order valence-corrected chi connectivity index (χ2v) is 4.63. The highest BCUT2D eigenvalue weighted by Gasteiger charge is 2.24. The third-order valence-corrected chi connectivity index (χ3v) is 3.59. The highest BCUT2D eigenvalue weighted by Crippen LogP contribution is 2.33. The van der Waals surface area contributed by atoms with E-state index >= 15 is 0 Å². The maximum Gasteiger partial charge on any atom is 0.179 e. The van der Waals surface area contributed by atoms with Gasteiger partial charge in [-0.05, 0) is 35.9 Å². The van der Waals surface area contributed by atoms with Crippen molar-refractivity contribution in [3.05, 3.63) is 36.0 Å². The molecular formula is C14H14N4. The van der Waals surface area contributed by atoms with Crippen LogP contribution in [0.5, 0.6) is 0 Å². The smallest absolute Gasteiger partial charge is 0.179 e. The van der Waals surface area contributed by atoms with E-state index < -0.39 is 0 Å². The minimum atomic E-state index is 0.216. The van der Waals surface area contributed by atoms with Gasteiger partial charge < -0.3 is 10.6 Å². The lowest BCUT2D eigenvalue weighted by Gasteiger charge is -2.19. The molecule has 2 N–H and O–H groups in total.